The molecule has 0 fully saturated rings. The fourth-order valence-corrected chi connectivity index (χ4v) is 3.33. The molecule has 0 amide bonds. The molecule has 1 atom stereocenters. The van der Waals surface area contributed by atoms with Crippen molar-refractivity contribution in [2.24, 2.45) is 5.92 Å². The molecule has 5 nitrogen and oxygen atoms in total. The molecule has 1 aromatic carbocycles. The average Bonchev–Trinajstić information content (AvgIpc) is 2.37. The topological polar surface area (TPSA) is 83.5 Å². The lowest BCUT2D eigenvalue weighted by atomic mass is 10.1. The van der Waals surface area contributed by atoms with E-state index in [2.05, 4.69) is 4.72 Å². The summed E-state index contributed by atoms with van der Waals surface area (Å²) in [5.74, 6) is -1.40. The lowest BCUT2D eigenvalue weighted by Gasteiger charge is -2.09. The minimum atomic E-state index is -3.75. The summed E-state index contributed by atoms with van der Waals surface area (Å²) in [7, 11) is -3.75. The summed E-state index contributed by atoms with van der Waals surface area (Å²) in [5, 5.41) is 9.07. The number of carbonyl (C=O) groups is 1. The monoisotopic (exact) mass is 339 g/mol. The van der Waals surface area contributed by atoms with Gasteiger partial charge in [-0.3, -0.25) is 4.79 Å². The van der Waals surface area contributed by atoms with Crippen molar-refractivity contribution in [1.82, 2.24) is 4.72 Å². The van der Waals surface area contributed by atoms with E-state index >= 15 is 0 Å². The summed E-state index contributed by atoms with van der Waals surface area (Å²) in [6.45, 7) is 1.72. The van der Waals surface area contributed by atoms with Gasteiger partial charge in [0, 0.05) is 11.6 Å². The first-order chi connectivity index (χ1) is 9.24. The van der Waals surface area contributed by atoms with Crippen LogP contribution in [0.2, 0.25) is 10.0 Å². The van der Waals surface area contributed by atoms with Crippen molar-refractivity contribution in [1.29, 1.82) is 0 Å². The molecule has 0 aliphatic heterocycles. The number of carboxylic acids is 1. The van der Waals surface area contributed by atoms with E-state index in [0.29, 0.717) is 12.8 Å². The van der Waals surface area contributed by atoms with Gasteiger partial charge in [0.15, 0.2) is 0 Å². The Morgan fingerprint density at radius 3 is 2.65 bits per heavy atom. The molecule has 0 aliphatic rings. The number of hydrogen-bond acceptors (Lipinski definition) is 3. The van der Waals surface area contributed by atoms with E-state index in [4.69, 9.17) is 28.3 Å². The molecular weight excluding hydrogens is 325 g/mol. The SMILES string of the molecule is CC(CCCNS(=O)(=O)c1cc(Cl)ccc1Cl)C(=O)O. The van der Waals surface area contributed by atoms with Crippen LogP contribution in [0.4, 0.5) is 0 Å². The van der Waals surface area contributed by atoms with E-state index in [1.807, 2.05) is 0 Å². The molecule has 0 bridgehead atoms. The van der Waals surface area contributed by atoms with Crippen molar-refractivity contribution >= 4 is 39.2 Å². The van der Waals surface area contributed by atoms with Crippen LogP contribution in [0.5, 0.6) is 0 Å². The zero-order chi connectivity index (χ0) is 15.3. The molecule has 1 aromatic rings. The minimum Gasteiger partial charge on any atom is -0.481 e. The molecule has 0 radical (unpaired) electrons. The fraction of sp³-hybridized carbons (Fsp3) is 0.417. The van der Waals surface area contributed by atoms with Crippen LogP contribution in [0.15, 0.2) is 23.1 Å². The number of nitrogens with one attached hydrogen (secondary N) is 1. The van der Waals surface area contributed by atoms with Gasteiger partial charge in [0.25, 0.3) is 0 Å². The molecule has 0 saturated carbocycles. The van der Waals surface area contributed by atoms with Gasteiger partial charge in [0.1, 0.15) is 4.90 Å². The second-order valence-corrected chi connectivity index (χ2v) is 6.93. The van der Waals surface area contributed by atoms with Gasteiger partial charge < -0.3 is 5.11 Å². The molecule has 1 rings (SSSR count). The van der Waals surface area contributed by atoms with Crippen molar-refractivity contribution in [3.63, 3.8) is 0 Å². The first kappa shape index (κ1) is 17.2. The van der Waals surface area contributed by atoms with Crippen LogP contribution in [-0.4, -0.2) is 26.0 Å². The zero-order valence-corrected chi connectivity index (χ0v) is 13.1. The van der Waals surface area contributed by atoms with Crippen molar-refractivity contribution < 1.29 is 18.3 Å². The van der Waals surface area contributed by atoms with Gasteiger partial charge in [-0.05, 0) is 31.0 Å². The smallest absolute Gasteiger partial charge is 0.306 e. The van der Waals surface area contributed by atoms with Crippen molar-refractivity contribution in [3.8, 4) is 0 Å². The Hall–Kier alpha value is -0.820. The molecule has 0 saturated heterocycles. The lowest BCUT2D eigenvalue weighted by molar-refractivity contribution is -0.141. The Morgan fingerprint density at radius 2 is 2.05 bits per heavy atom. The third-order valence-electron chi connectivity index (χ3n) is 2.71. The number of rotatable bonds is 7. The summed E-state index contributed by atoms with van der Waals surface area (Å²) in [6.07, 6.45) is 0.812. The number of sulfonamides is 1. The number of halogens is 2. The molecule has 20 heavy (non-hydrogen) atoms. The lowest BCUT2D eigenvalue weighted by Crippen LogP contribution is -2.25. The first-order valence-corrected chi connectivity index (χ1v) is 8.15. The van der Waals surface area contributed by atoms with Gasteiger partial charge >= 0.3 is 5.97 Å². The van der Waals surface area contributed by atoms with E-state index in [-0.39, 0.29) is 21.5 Å². The van der Waals surface area contributed by atoms with Crippen LogP contribution in [0.25, 0.3) is 0 Å². The number of aliphatic carboxylic acids is 1. The standard InChI is InChI=1S/C12H15Cl2NO4S/c1-8(12(16)17)3-2-6-15-20(18,19)11-7-9(13)4-5-10(11)14/h4-5,7-8,15H,2-3,6H2,1H3,(H,16,17). The van der Waals surface area contributed by atoms with Gasteiger partial charge in [-0.15, -0.1) is 0 Å². The van der Waals surface area contributed by atoms with Crippen LogP contribution in [0, 0.1) is 5.92 Å². The highest BCUT2D eigenvalue weighted by Crippen LogP contribution is 2.24. The molecule has 8 heteroatoms. The van der Waals surface area contributed by atoms with Crippen molar-refractivity contribution in [2.45, 2.75) is 24.7 Å². The Kier molecular flexibility index (Phi) is 6.26. The quantitative estimate of drug-likeness (QED) is 0.748. The van der Waals surface area contributed by atoms with Crippen LogP contribution < -0.4 is 4.72 Å². The fourth-order valence-electron chi connectivity index (χ4n) is 1.50. The summed E-state index contributed by atoms with van der Waals surface area (Å²) >= 11 is 11.6. The third-order valence-corrected chi connectivity index (χ3v) is 4.89. The van der Waals surface area contributed by atoms with E-state index in [0.717, 1.165) is 0 Å². The zero-order valence-electron chi connectivity index (χ0n) is 10.8. The van der Waals surface area contributed by atoms with E-state index in [1.54, 1.807) is 6.92 Å². The van der Waals surface area contributed by atoms with E-state index in [1.165, 1.54) is 18.2 Å². The summed E-state index contributed by atoms with van der Waals surface area (Å²) < 4.78 is 26.4. The molecule has 0 aliphatic carbocycles. The predicted molar refractivity (Wildman–Crippen MR) is 77.7 cm³/mol. The molecular formula is C12H15Cl2NO4S. The van der Waals surface area contributed by atoms with Gasteiger partial charge in [-0.25, -0.2) is 13.1 Å². The van der Waals surface area contributed by atoms with Crippen LogP contribution in [0.1, 0.15) is 19.8 Å². The number of hydrogen-bond donors (Lipinski definition) is 2. The Morgan fingerprint density at radius 1 is 1.40 bits per heavy atom. The van der Waals surface area contributed by atoms with Gasteiger partial charge in [0.2, 0.25) is 10.0 Å². The Bertz CT molecular complexity index is 589. The maximum atomic E-state index is 12.0. The van der Waals surface area contributed by atoms with E-state index in [9.17, 15) is 13.2 Å². The first-order valence-electron chi connectivity index (χ1n) is 5.91. The average molecular weight is 340 g/mol. The normalized spacial score (nSPS) is 13.2. The molecule has 0 heterocycles. The van der Waals surface area contributed by atoms with Crippen LogP contribution in [0.3, 0.4) is 0 Å². The van der Waals surface area contributed by atoms with Crippen molar-refractivity contribution in [3.05, 3.63) is 28.2 Å². The van der Waals surface area contributed by atoms with E-state index < -0.39 is 21.9 Å². The van der Waals surface area contributed by atoms with Gasteiger partial charge in [-0.2, -0.15) is 0 Å². The van der Waals surface area contributed by atoms with Crippen LogP contribution >= 0.6 is 23.2 Å². The molecule has 1 unspecified atom stereocenters. The molecule has 0 aromatic heterocycles. The summed E-state index contributed by atoms with van der Waals surface area (Å²) in [6, 6.07) is 4.18. The molecule has 0 spiro atoms. The molecule has 2 N–H and O–H groups in total. The van der Waals surface area contributed by atoms with Crippen LogP contribution in [-0.2, 0) is 14.8 Å². The largest absolute Gasteiger partial charge is 0.481 e. The second kappa shape index (κ2) is 7.26. The number of carboxylic acid groups (broad SMARTS) is 1. The third kappa shape index (κ3) is 4.94. The Balaban J connectivity index is 2.62. The van der Waals surface area contributed by atoms with Gasteiger partial charge in [-0.1, -0.05) is 30.1 Å². The number of benzene rings is 1. The minimum absolute atomic E-state index is 0.0841. The highest BCUT2D eigenvalue weighted by atomic mass is 35.5. The molecule has 112 valence electrons. The van der Waals surface area contributed by atoms with Crippen molar-refractivity contribution in [2.75, 3.05) is 6.54 Å². The predicted octanol–water partition coefficient (Wildman–Crippen LogP) is 2.77. The second-order valence-electron chi connectivity index (χ2n) is 4.35. The highest BCUT2D eigenvalue weighted by molar-refractivity contribution is 7.89. The summed E-state index contributed by atoms with van der Waals surface area (Å²) in [5.41, 5.74) is 0. The highest BCUT2D eigenvalue weighted by Gasteiger charge is 2.18. The van der Waals surface area contributed by atoms with Gasteiger partial charge in [0.05, 0.1) is 10.9 Å². The Labute approximate surface area is 127 Å². The maximum Gasteiger partial charge on any atom is 0.306 e. The summed E-state index contributed by atoms with van der Waals surface area (Å²) in [4.78, 5) is 10.5. The maximum absolute atomic E-state index is 12.0.